The maximum atomic E-state index is 13.8. The van der Waals surface area contributed by atoms with Gasteiger partial charge in [0.25, 0.3) is 5.91 Å². The van der Waals surface area contributed by atoms with Gasteiger partial charge in [0, 0.05) is 30.7 Å². The summed E-state index contributed by atoms with van der Waals surface area (Å²) in [5, 5.41) is 3.30. The zero-order valence-corrected chi connectivity index (χ0v) is 19.9. The van der Waals surface area contributed by atoms with Crippen molar-refractivity contribution in [3.05, 3.63) is 76.6 Å². The Morgan fingerprint density at radius 1 is 1.03 bits per heavy atom. The first-order valence-corrected chi connectivity index (χ1v) is 10.8. The molecule has 2 aromatic carbocycles. The molecule has 8 nitrogen and oxygen atoms in total. The van der Waals surface area contributed by atoms with E-state index in [-0.39, 0.29) is 11.8 Å². The zero-order chi connectivity index (χ0) is 24.4. The van der Waals surface area contributed by atoms with Crippen molar-refractivity contribution in [1.29, 1.82) is 0 Å². The van der Waals surface area contributed by atoms with Crippen molar-refractivity contribution in [3.8, 4) is 17.2 Å². The highest BCUT2D eigenvalue weighted by Gasteiger charge is 2.43. The number of nitrogens with zero attached hydrogens (tertiary/aromatic N) is 2. The fourth-order valence-electron chi connectivity index (χ4n) is 4.26. The average molecular weight is 482 g/mol. The molecule has 2 amide bonds. The monoisotopic (exact) mass is 481 g/mol. The smallest absolute Gasteiger partial charge is 0.254 e. The Bertz CT molecular complexity index is 1230. The molecular weight excluding hydrogens is 458 g/mol. The fourth-order valence-corrected chi connectivity index (χ4v) is 4.52. The maximum Gasteiger partial charge on any atom is 0.254 e. The van der Waals surface area contributed by atoms with Crippen LogP contribution in [-0.4, -0.2) is 50.1 Å². The lowest BCUT2D eigenvalue weighted by Gasteiger charge is -2.39. The minimum atomic E-state index is -0.761. The van der Waals surface area contributed by atoms with Crippen LogP contribution in [0, 0.1) is 0 Å². The molecule has 2 atom stereocenters. The van der Waals surface area contributed by atoms with Gasteiger partial charge in [0.05, 0.1) is 38.3 Å². The molecule has 0 unspecified atom stereocenters. The predicted octanol–water partition coefficient (Wildman–Crippen LogP) is 4.31. The Kier molecular flexibility index (Phi) is 6.61. The summed E-state index contributed by atoms with van der Waals surface area (Å²) in [5.41, 5.74) is 2.13. The van der Waals surface area contributed by atoms with Gasteiger partial charge in [0.1, 0.15) is 5.75 Å². The summed E-state index contributed by atoms with van der Waals surface area (Å²) < 4.78 is 16.1. The number of methoxy groups -OCH3 is 3. The van der Waals surface area contributed by atoms with E-state index < -0.39 is 12.0 Å². The van der Waals surface area contributed by atoms with Crippen molar-refractivity contribution in [2.24, 2.45) is 0 Å². The van der Waals surface area contributed by atoms with Crippen molar-refractivity contribution < 1.29 is 23.8 Å². The number of anilines is 1. The number of carbonyl (C=O) groups excluding carboxylic acids is 2. The van der Waals surface area contributed by atoms with Crippen LogP contribution in [0.1, 0.15) is 33.4 Å². The van der Waals surface area contributed by atoms with Gasteiger partial charge in [-0.15, -0.1) is 0 Å². The molecule has 1 aromatic heterocycles. The van der Waals surface area contributed by atoms with E-state index in [4.69, 9.17) is 25.8 Å². The first kappa shape index (κ1) is 23.4. The molecule has 176 valence electrons. The molecule has 0 aliphatic carbocycles. The zero-order valence-electron chi connectivity index (χ0n) is 19.2. The highest BCUT2D eigenvalue weighted by atomic mass is 35.5. The Morgan fingerprint density at radius 2 is 1.74 bits per heavy atom. The van der Waals surface area contributed by atoms with Crippen LogP contribution in [0.15, 0.2) is 54.9 Å². The van der Waals surface area contributed by atoms with Gasteiger partial charge in [0.15, 0.2) is 11.5 Å². The molecule has 4 rings (SSSR count). The van der Waals surface area contributed by atoms with Gasteiger partial charge in [-0.1, -0.05) is 17.7 Å². The van der Waals surface area contributed by atoms with Gasteiger partial charge in [-0.2, -0.15) is 0 Å². The van der Waals surface area contributed by atoms with Gasteiger partial charge in [-0.05, 0) is 47.5 Å². The minimum absolute atomic E-state index is 0.235. The number of hydrogen-bond acceptors (Lipinski definition) is 6. The third-order valence-electron chi connectivity index (χ3n) is 5.90. The molecule has 0 radical (unpaired) electrons. The molecular formula is C25H24ClN3O5. The van der Waals surface area contributed by atoms with E-state index >= 15 is 0 Å². The lowest BCUT2D eigenvalue weighted by atomic mass is 9.79. The van der Waals surface area contributed by atoms with Crippen LogP contribution in [0.5, 0.6) is 17.2 Å². The van der Waals surface area contributed by atoms with E-state index in [2.05, 4.69) is 10.3 Å². The van der Waals surface area contributed by atoms with Gasteiger partial charge in [0.2, 0.25) is 5.91 Å². The average Bonchev–Trinajstić information content (AvgIpc) is 2.85. The third kappa shape index (κ3) is 4.12. The molecule has 0 spiro atoms. The number of fused-ring (bicyclic) bond motifs is 1. The Labute approximate surface area is 202 Å². The van der Waals surface area contributed by atoms with E-state index in [1.54, 1.807) is 60.7 Å². The number of rotatable bonds is 6. The lowest BCUT2D eigenvalue weighted by Crippen LogP contribution is -2.44. The number of nitrogens with one attached hydrogen (secondary N) is 1. The quantitative estimate of drug-likeness (QED) is 0.564. The standard InChI is InChI=1S/C25H24ClN3O5/c1-29-23(14-6-5-9-27-13-14)22(24(30)28-15-7-8-19(32-2)18(26)10-15)16-11-20(33-3)21(34-4)12-17(16)25(29)31/h5-13,22-23H,1-4H3,(H,28,30)/t22-,23+/m0/s1. The second-order valence-electron chi connectivity index (χ2n) is 7.76. The van der Waals surface area contributed by atoms with Crippen molar-refractivity contribution in [2.45, 2.75) is 12.0 Å². The molecule has 0 saturated carbocycles. The van der Waals surface area contributed by atoms with Crippen molar-refractivity contribution >= 4 is 29.1 Å². The van der Waals surface area contributed by atoms with E-state index in [1.165, 1.54) is 21.3 Å². The number of amides is 2. The number of benzene rings is 2. The Hall–Kier alpha value is -3.78. The van der Waals surface area contributed by atoms with Gasteiger partial charge >= 0.3 is 0 Å². The molecule has 0 saturated heterocycles. The van der Waals surface area contributed by atoms with Crippen LogP contribution in [0.2, 0.25) is 5.02 Å². The molecule has 0 bridgehead atoms. The number of aromatic nitrogens is 1. The molecule has 9 heteroatoms. The first-order valence-electron chi connectivity index (χ1n) is 10.5. The van der Waals surface area contributed by atoms with Crippen LogP contribution in [-0.2, 0) is 4.79 Å². The van der Waals surface area contributed by atoms with Crippen molar-refractivity contribution in [2.75, 3.05) is 33.7 Å². The maximum absolute atomic E-state index is 13.8. The lowest BCUT2D eigenvalue weighted by molar-refractivity contribution is -0.119. The highest BCUT2D eigenvalue weighted by molar-refractivity contribution is 6.32. The number of carbonyl (C=O) groups is 2. The first-order chi connectivity index (χ1) is 16.4. The topological polar surface area (TPSA) is 90.0 Å². The van der Waals surface area contributed by atoms with E-state index in [0.717, 1.165) is 5.56 Å². The second-order valence-corrected chi connectivity index (χ2v) is 8.17. The van der Waals surface area contributed by atoms with Gasteiger partial charge in [-0.25, -0.2) is 0 Å². The predicted molar refractivity (Wildman–Crippen MR) is 128 cm³/mol. The SMILES string of the molecule is COc1ccc(NC(=O)[C@H]2c3cc(OC)c(OC)cc3C(=O)N(C)[C@@H]2c2cccnc2)cc1Cl. The Balaban J connectivity index is 1.85. The van der Waals surface area contributed by atoms with Crippen LogP contribution in [0.4, 0.5) is 5.69 Å². The fraction of sp³-hybridized carbons (Fsp3) is 0.240. The number of ether oxygens (including phenoxy) is 3. The van der Waals surface area contributed by atoms with Crippen LogP contribution in [0.25, 0.3) is 0 Å². The van der Waals surface area contributed by atoms with Crippen LogP contribution < -0.4 is 19.5 Å². The minimum Gasteiger partial charge on any atom is -0.495 e. The summed E-state index contributed by atoms with van der Waals surface area (Å²) >= 11 is 6.25. The van der Waals surface area contributed by atoms with E-state index in [0.29, 0.717) is 39.1 Å². The molecule has 2 heterocycles. The number of likely N-dealkylation sites (N-methyl/N-ethyl adjacent to an activating group) is 1. The third-order valence-corrected chi connectivity index (χ3v) is 6.20. The van der Waals surface area contributed by atoms with Crippen LogP contribution in [0.3, 0.4) is 0 Å². The molecule has 3 aromatic rings. The summed E-state index contributed by atoms with van der Waals surface area (Å²) in [5.74, 6) is 0.0164. The number of hydrogen-bond donors (Lipinski definition) is 1. The Morgan fingerprint density at radius 3 is 2.35 bits per heavy atom. The largest absolute Gasteiger partial charge is 0.495 e. The molecule has 0 fully saturated rings. The van der Waals surface area contributed by atoms with E-state index in [1.807, 2.05) is 6.07 Å². The molecule has 34 heavy (non-hydrogen) atoms. The van der Waals surface area contributed by atoms with Crippen molar-refractivity contribution in [1.82, 2.24) is 9.88 Å². The number of pyridine rings is 1. The molecule has 1 aliphatic rings. The second kappa shape index (κ2) is 9.61. The van der Waals surface area contributed by atoms with E-state index in [9.17, 15) is 9.59 Å². The number of halogens is 1. The van der Waals surface area contributed by atoms with Gasteiger partial charge in [-0.3, -0.25) is 14.6 Å². The summed E-state index contributed by atoms with van der Waals surface area (Å²) in [7, 11) is 6.20. The van der Waals surface area contributed by atoms with Crippen LogP contribution >= 0.6 is 11.6 Å². The summed E-state index contributed by atoms with van der Waals surface area (Å²) in [6, 6.07) is 11.3. The van der Waals surface area contributed by atoms with Crippen molar-refractivity contribution in [3.63, 3.8) is 0 Å². The molecule has 1 N–H and O–H groups in total. The normalized spacial score (nSPS) is 17.1. The highest BCUT2D eigenvalue weighted by Crippen LogP contribution is 2.46. The molecule has 1 aliphatic heterocycles. The van der Waals surface area contributed by atoms with Gasteiger partial charge < -0.3 is 24.4 Å². The summed E-state index contributed by atoms with van der Waals surface area (Å²) in [6.45, 7) is 0. The summed E-state index contributed by atoms with van der Waals surface area (Å²) in [6.07, 6.45) is 3.30. The summed E-state index contributed by atoms with van der Waals surface area (Å²) in [4.78, 5) is 32.9.